The zero-order valence-corrected chi connectivity index (χ0v) is 10.9. The van der Waals surface area contributed by atoms with E-state index in [1.54, 1.807) is 0 Å². The minimum Gasteiger partial charge on any atom is -0.302 e. The minimum absolute atomic E-state index is 0.314. The molecule has 0 N–H and O–H groups in total. The number of rotatable bonds is 4. The van der Waals surface area contributed by atoms with Crippen LogP contribution in [-0.4, -0.2) is 19.0 Å². The highest BCUT2D eigenvalue weighted by molar-refractivity contribution is 5.83. The maximum Gasteiger partial charge on any atom is 0.0622 e. The summed E-state index contributed by atoms with van der Waals surface area (Å²) in [4.78, 5) is 2.18. The van der Waals surface area contributed by atoms with Crippen LogP contribution in [0.5, 0.6) is 0 Å². The Labute approximate surface area is 108 Å². The monoisotopic (exact) mass is 238 g/mol. The van der Waals surface area contributed by atoms with Crippen LogP contribution in [0.3, 0.4) is 0 Å². The third-order valence-corrected chi connectivity index (χ3v) is 3.31. The van der Waals surface area contributed by atoms with Gasteiger partial charge in [-0.05, 0) is 42.9 Å². The molecule has 0 amide bonds. The summed E-state index contributed by atoms with van der Waals surface area (Å²) in [5.74, 6) is 0. The molecule has 0 aliphatic heterocycles. The molecule has 1 atom stereocenters. The number of hydrogen-bond acceptors (Lipinski definition) is 2. The van der Waals surface area contributed by atoms with Gasteiger partial charge < -0.3 is 4.90 Å². The van der Waals surface area contributed by atoms with Gasteiger partial charge in [0.25, 0.3) is 0 Å². The summed E-state index contributed by atoms with van der Waals surface area (Å²) >= 11 is 0. The van der Waals surface area contributed by atoms with Gasteiger partial charge in [0, 0.05) is 12.5 Å². The summed E-state index contributed by atoms with van der Waals surface area (Å²) in [7, 11) is 4.13. The van der Waals surface area contributed by atoms with Crippen LogP contribution in [0.4, 0.5) is 0 Å². The Morgan fingerprint density at radius 1 is 1.11 bits per heavy atom. The van der Waals surface area contributed by atoms with Gasteiger partial charge in [-0.15, -0.1) is 0 Å². The van der Waals surface area contributed by atoms with Crippen LogP contribution in [-0.2, 0) is 0 Å². The number of nitrogens with zero attached hydrogens (tertiary/aromatic N) is 2. The van der Waals surface area contributed by atoms with Gasteiger partial charge in [-0.2, -0.15) is 5.26 Å². The van der Waals surface area contributed by atoms with Crippen molar-refractivity contribution < 1.29 is 0 Å². The van der Waals surface area contributed by atoms with E-state index in [0.717, 1.165) is 6.42 Å². The molecular weight excluding hydrogens is 220 g/mol. The third-order valence-electron chi connectivity index (χ3n) is 3.31. The molecule has 0 heterocycles. The molecule has 0 radical (unpaired) electrons. The van der Waals surface area contributed by atoms with Crippen molar-refractivity contribution in [2.75, 3.05) is 14.1 Å². The van der Waals surface area contributed by atoms with E-state index in [4.69, 9.17) is 5.26 Å². The molecule has 2 rings (SSSR count). The van der Waals surface area contributed by atoms with Gasteiger partial charge in [-0.1, -0.05) is 36.4 Å². The molecular formula is C16H18N2. The maximum atomic E-state index is 8.75. The van der Waals surface area contributed by atoms with Gasteiger partial charge in [0.15, 0.2) is 0 Å². The lowest BCUT2D eigenvalue weighted by molar-refractivity contribution is 0.286. The number of benzene rings is 2. The van der Waals surface area contributed by atoms with E-state index >= 15 is 0 Å². The second kappa shape index (κ2) is 5.66. The Hall–Kier alpha value is -1.85. The van der Waals surface area contributed by atoms with Crippen molar-refractivity contribution in [3.8, 4) is 6.07 Å². The van der Waals surface area contributed by atoms with Crippen molar-refractivity contribution in [3.63, 3.8) is 0 Å². The molecule has 2 aromatic rings. The smallest absolute Gasteiger partial charge is 0.0622 e. The van der Waals surface area contributed by atoms with E-state index in [9.17, 15) is 0 Å². The first kappa shape index (κ1) is 12.6. The lowest BCUT2D eigenvalue weighted by atomic mass is 9.98. The van der Waals surface area contributed by atoms with E-state index in [1.165, 1.54) is 16.3 Å². The summed E-state index contributed by atoms with van der Waals surface area (Å²) < 4.78 is 0. The summed E-state index contributed by atoms with van der Waals surface area (Å²) in [6, 6.07) is 17.5. The van der Waals surface area contributed by atoms with Gasteiger partial charge in [-0.3, -0.25) is 0 Å². The lowest BCUT2D eigenvalue weighted by Crippen LogP contribution is -2.19. The standard InChI is InChI=1S/C16H18N2/c1-18(2)16(8-5-11-17)15-10-9-13-6-3-4-7-14(13)12-15/h3-4,6-7,9-10,12,16H,5,8H2,1-2H3. The Morgan fingerprint density at radius 2 is 1.83 bits per heavy atom. The van der Waals surface area contributed by atoms with Crippen molar-refractivity contribution >= 4 is 10.8 Å². The van der Waals surface area contributed by atoms with Crippen molar-refractivity contribution in [1.29, 1.82) is 5.26 Å². The van der Waals surface area contributed by atoms with E-state index in [1.807, 2.05) is 0 Å². The van der Waals surface area contributed by atoms with Gasteiger partial charge in [0.2, 0.25) is 0 Å². The van der Waals surface area contributed by atoms with E-state index in [2.05, 4.69) is 67.5 Å². The number of hydrogen-bond donors (Lipinski definition) is 0. The van der Waals surface area contributed by atoms with E-state index < -0.39 is 0 Å². The van der Waals surface area contributed by atoms with Crippen LogP contribution in [0.15, 0.2) is 42.5 Å². The molecule has 0 saturated carbocycles. The highest BCUT2D eigenvalue weighted by Crippen LogP contribution is 2.26. The highest BCUT2D eigenvalue weighted by atomic mass is 15.1. The number of fused-ring (bicyclic) bond motifs is 1. The molecule has 0 aromatic heterocycles. The van der Waals surface area contributed by atoms with Gasteiger partial charge in [-0.25, -0.2) is 0 Å². The SMILES string of the molecule is CN(C)C(CCC#N)c1ccc2ccccc2c1. The van der Waals surface area contributed by atoms with Crippen LogP contribution < -0.4 is 0 Å². The molecule has 0 aliphatic carbocycles. The van der Waals surface area contributed by atoms with Crippen molar-refractivity contribution in [2.24, 2.45) is 0 Å². The molecule has 1 unspecified atom stereocenters. The van der Waals surface area contributed by atoms with Crippen molar-refractivity contribution in [1.82, 2.24) is 4.90 Å². The predicted molar refractivity (Wildman–Crippen MR) is 75.2 cm³/mol. The van der Waals surface area contributed by atoms with Crippen LogP contribution in [0.25, 0.3) is 10.8 Å². The Bertz CT molecular complexity index is 567. The van der Waals surface area contributed by atoms with Crippen LogP contribution in [0.1, 0.15) is 24.4 Å². The summed E-state index contributed by atoms with van der Waals surface area (Å²) in [6.45, 7) is 0. The highest BCUT2D eigenvalue weighted by Gasteiger charge is 2.13. The molecule has 0 saturated heterocycles. The first-order chi connectivity index (χ1) is 8.72. The van der Waals surface area contributed by atoms with Crippen LogP contribution in [0, 0.1) is 11.3 Å². The average Bonchev–Trinajstić information content (AvgIpc) is 2.38. The van der Waals surface area contributed by atoms with Crippen molar-refractivity contribution in [3.05, 3.63) is 48.0 Å². The number of nitriles is 1. The molecule has 92 valence electrons. The summed E-state index contributed by atoms with van der Waals surface area (Å²) in [5.41, 5.74) is 1.29. The van der Waals surface area contributed by atoms with Crippen LogP contribution in [0.2, 0.25) is 0 Å². The maximum absolute atomic E-state index is 8.75. The Morgan fingerprint density at radius 3 is 2.50 bits per heavy atom. The third kappa shape index (κ3) is 2.69. The molecule has 0 bridgehead atoms. The molecule has 2 heteroatoms. The lowest BCUT2D eigenvalue weighted by Gasteiger charge is -2.24. The minimum atomic E-state index is 0.314. The second-order valence-electron chi connectivity index (χ2n) is 4.78. The second-order valence-corrected chi connectivity index (χ2v) is 4.78. The quantitative estimate of drug-likeness (QED) is 0.811. The van der Waals surface area contributed by atoms with Gasteiger partial charge >= 0.3 is 0 Å². The van der Waals surface area contributed by atoms with Gasteiger partial charge in [0.1, 0.15) is 0 Å². The Kier molecular flexibility index (Phi) is 3.96. The summed E-state index contributed by atoms with van der Waals surface area (Å²) in [5, 5.41) is 11.3. The fourth-order valence-corrected chi connectivity index (χ4v) is 2.34. The average molecular weight is 238 g/mol. The zero-order chi connectivity index (χ0) is 13.0. The molecule has 0 fully saturated rings. The predicted octanol–water partition coefficient (Wildman–Crippen LogP) is 3.75. The fraction of sp³-hybridized carbons (Fsp3) is 0.312. The normalized spacial score (nSPS) is 12.6. The first-order valence-electron chi connectivity index (χ1n) is 6.24. The first-order valence-corrected chi connectivity index (χ1v) is 6.24. The van der Waals surface area contributed by atoms with Crippen molar-refractivity contribution in [2.45, 2.75) is 18.9 Å². The van der Waals surface area contributed by atoms with E-state index in [-0.39, 0.29) is 0 Å². The molecule has 18 heavy (non-hydrogen) atoms. The largest absolute Gasteiger partial charge is 0.302 e. The van der Waals surface area contributed by atoms with E-state index in [0.29, 0.717) is 12.5 Å². The molecule has 0 aliphatic rings. The fourth-order valence-electron chi connectivity index (χ4n) is 2.34. The molecule has 2 aromatic carbocycles. The van der Waals surface area contributed by atoms with Gasteiger partial charge in [0.05, 0.1) is 6.07 Å². The van der Waals surface area contributed by atoms with Crippen LogP contribution >= 0.6 is 0 Å². The summed E-state index contributed by atoms with van der Waals surface area (Å²) in [6.07, 6.45) is 1.47. The molecule has 0 spiro atoms. The topological polar surface area (TPSA) is 27.0 Å². The Balaban J connectivity index is 2.35. The molecule has 2 nitrogen and oxygen atoms in total. The zero-order valence-electron chi connectivity index (χ0n) is 10.9.